The van der Waals surface area contributed by atoms with Gasteiger partial charge >= 0.3 is 6.67 Å². The Balaban J connectivity index is 0.000000810. The molecule has 0 atom stereocenters. The Kier molecular flexibility index (Phi) is 4.68. The van der Waals surface area contributed by atoms with Gasteiger partial charge in [0.2, 0.25) is 0 Å². The fraction of sp³-hybridized carbons (Fsp3) is 0.571. The van der Waals surface area contributed by atoms with Crippen LogP contribution in [0, 0.1) is 6.67 Å². The predicted octanol–water partition coefficient (Wildman–Crippen LogP) is -1.88. The largest absolute Gasteiger partial charge is 1.00 e. The fourth-order valence-electron chi connectivity index (χ4n) is 0.815. The number of hydrogen-bond donors (Lipinski definition) is 0. The summed E-state index contributed by atoms with van der Waals surface area (Å²) >= 11 is 0. The van der Waals surface area contributed by atoms with Crippen LogP contribution in [0.4, 0.5) is 0 Å². The molecule has 3 heteroatoms. The van der Waals surface area contributed by atoms with E-state index >= 15 is 0 Å². The molecule has 2 nitrogen and oxygen atoms in total. The first-order valence-electron chi connectivity index (χ1n) is 3.27. The molecule has 0 fully saturated rings. The second kappa shape index (κ2) is 4.71. The second-order valence-electron chi connectivity index (χ2n) is 2.20. The van der Waals surface area contributed by atoms with Crippen molar-refractivity contribution in [3.05, 3.63) is 19.1 Å². The maximum Gasteiger partial charge on any atom is 0.564 e. The van der Waals surface area contributed by atoms with Crippen molar-refractivity contribution < 1.29 is 24.0 Å². The molecule has 0 spiro atoms. The van der Waals surface area contributed by atoms with Crippen LogP contribution < -0.4 is 24.0 Å². The van der Waals surface area contributed by atoms with Crippen LogP contribution in [-0.4, -0.2) is 23.4 Å². The van der Waals surface area contributed by atoms with Crippen molar-refractivity contribution in [3.63, 3.8) is 0 Å². The van der Waals surface area contributed by atoms with Crippen LogP contribution in [0.25, 0.3) is 0 Å². The van der Waals surface area contributed by atoms with Crippen molar-refractivity contribution in [2.45, 2.75) is 13.3 Å². The van der Waals surface area contributed by atoms with Gasteiger partial charge < -0.3 is 24.0 Å². The number of nitrogens with zero attached hydrogens (tertiary/aromatic N) is 2. The van der Waals surface area contributed by atoms with Crippen molar-refractivity contribution in [2.75, 3.05) is 13.6 Å². The third kappa shape index (κ3) is 2.68. The molecule has 1 radical (unpaired) electrons. The van der Waals surface area contributed by atoms with E-state index < -0.39 is 0 Å². The molecule has 0 N–H and O–H groups in total. The maximum atomic E-state index is 3.11. The van der Waals surface area contributed by atoms with E-state index in [1.54, 1.807) is 0 Å². The van der Waals surface area contributed by atoms with Gasteiger partial charge in [0.05, 0.1) is 26.0 Å². The summed E-state index contributed by atoms with van der Waals surface area (Å²) in [6, 6.07) is 0. The van der Waals surface area contributed by atoms with E-state index in [-0.39, 0.29) is 24.0 Å². The van der Waals surface area contributed by atoms with Crippen LogP contribution in [0.5, 0.6) is 0 Å². The molecule has 1 aliphatic heterocycles. The smallest absolute Gasteiger partial charge is 0.564 e. The van der Waals surface area contributed by atoms with Gasteiger partial charge in [0.25, 0.3) is 0 Å². The molecule has 0 unspecified atom stereocenters. The Bertz CT molecular complexity index is 114. The van der Waals surface area contributed by atoms with E-state index in [0.29, 0.717) is 0 Å². The molecule has 0 saturated heterocycles. The minimum Gasteiger partial charge on any atom is -1.00 e. The van der Waals surface area contributed by atoms with Crippen LogP contribution in [-0.2, 0) is 0 Å². The summed E-state index contributed by atoms with van der Waals surface area (Å²) in [7, 11) is 1.98. The minimum atomic E-state index is 0. The highest BCUT2D eigenvalue weighted by Gasteiger charge is 2.26. The summed E-state index contributed by atoms with van der Waals surface area (Å²) in [5, 5.41) is 0. The van der Waals surface area contributed by atoms with E-state index in [9.17, 15) is 0 Å². The predicted molar refractivity (Wildman–Crippen MR) is 37.1 cm³/mol. The zero-order valence-corrected chi connectivity index (χ0v) is 8.50. The van der Waals surface area contributed by atoms with Crippen molar-refractivity contribution in [1.29, 1.82) is 0 Å². The highest BCUT2D eigenvalue weighted by atomic mass is 127. The molecule has 0 bridgehead atoms. The van der Waals surface area contributed by atoms with Gasteiger partial charge in [0, 0.05) is 0 Å². The monoisotopic (exact) mass is 251 g/mol. The van der Waals surface area contributed by atoms with Gasteiger partial charge in [-0.25, -0.2) is 0 Å². The molecule has 0 amide bonds. The summed E-state index contributed by atoms with van der Waals surface area (Å²) in [5.41, 5.74) is 0. The van der Waals surface area contributed by atoms with E-state index in [1.165, 1.54) is 6.42 Å². The zero-order chi connectivity index (χ0) is 6.69. The first kappa shape index (κ1) is 9.94. The molecule has 1 heterocycles. The molecule has 0 aromatic heterocycles. The topological polar surface area (TPSA) is 6.48 Å². The van der Waals surface area contributed by atoms with Gasteiger partial charge in [0.1, 0.15) is 0 Å². The Hall–Kier alpha value is -0.0600. The van der Waals surface area contributed by atoms with Gasteiger partial charge in [-0.15, -0.1) is 9.80 Å². The van der Waals surface area contributed by atoms with Crippen molar-refractivity contribution in [2.24, 2.45) is 0 Å². The zero-order valence-electron chi connectivity index (χ0n) is 6.34. The lowest BCUT2D eigenvalue weighted by Gasteiger charge is -1.96. The van der Waals surface area contributed by atoms with Crippen LogP contribution in [0.3, 0.4) is 0 Å². The lowest BCUT2D eigenvalue weighted by Crippen LogP contribution is -3.00. The summed E-state index contributed by atoms with van der Waals surface area (Å²) in [5.74, 6) is 0. The van der Waals surface area contributed by atoms with Gasteiger partial charge in [-0.05, 0) is 6.42 Å². The normalized spacial score (nSPS) is 15.0. The molecule has 0 aromatic rings. The van der Waals surface area contributed by atoms with Gasteiger partial charge in [-0.1, -0.05) is 6.92 Å². The summed E-state index contributed by atoms with van der Waals surface area (Å²) in [6.45, 7) is 6.34. The Labute approximate surface area is 79.9 Å². The number of rotatable bonds is 2. The lowest BCUT2D eigenvalue weighted by molar-refractivity contribution is -0.00000199. The van der Waals surface area contributed by atoms with E-state index in [0.717, 1.165) is 6.54 Å². The van der Waals surface area contributed by atoms with Crippen LogP contribution in [0.15, 0.2) is 12.4 Å². The third-order valence-electron chi connectivity index (χ3n) is 1.22. The molecule has 1 aliphatic rings. The standard InChI is InChI=1S/C7H12N2.HI/c1-3-4-9-6-5-8(2)7-9;/h5-6H,3-4H2,1-2H3;1H/q+1;/p-1. The molecular weight excluding hydrogens is 239 g/mol. The molecule has 1 rings (SSSR count). The SMILES string of the molecule is CCCN1[C+]N(C)C=C1.[I-]. The lowest BCUT2D eigenvalue weighted by atomic mass is 10.4. The quantitative estimate of drug-likeness (QED) is 0.418. The average molecular weight is 251 g/mol. The Morgan fingerprint density at radius 2 is 2.10 bits per heavy atom. The molecule has 0 aliphatic carbocycles. The first-order valence-corrected chi connectivity index (χ1v) is 3.27. The Morgan fingerprint density at radius 3 is 2.50 bits per heavy atom. The van der Waals surface area contributed by atoms with Crippen LogP contribution >= 0.6 is 0 Å². The molecule has 10 heavy (non-hydrogen) atoms. The highest BCUT2D eigenvalue weighted by molar-refractivity contribution is 4.94. The minimum absolute atomic E-state index is 0. The van der Waals surface area contributed by atoms with Crippen molar-refractivity contribution >= 4 is 0 Å². The van der Waals surface area contributed by atoms with E-state index in [4.69, 9.17) is 0 Å². The van der Waals surface area contributed by atoms with Gasteiger partial charge in [-0.2, -0.15) is 0 Å². The average Bonchev–Trinajstić information content (AvgIpc) is 2.17. The second-order valence-corrected chi connectivity index (χ2v) is 2.20. The highest BCUT2D eigenvalue weighted by Crippen LogP contribution is 2.07. The summed E-state index contributed by atoms with van der Waals surface area (Å²) in [4.78, 5) is 3.98. The van der Waals surface area contributed by atoms with E-state index in [2.05, 4.69) is 18.5 Å². The van der Waals surface area contributed by atoms with Crippen molar-refractivity contribution in [1.82, 2.24) is 9.80 Å². The summed E-state index contributed by atoms with van der Waals surface area (Å²) in [6.07, 6.45) is 5.20. The molecule has 0 saturated carbocycles. The van der Waals surface area contributed by atoms with Gasteiger partial charge in [0.15, 0.2) is 0 Å². The third-order valence-corrected chi connectivity index (χ3v) is 1.22. The van der Waals surface area contributed by atoms with Crippen molar-refractivity contribution in [3.8, 4) is 0 Å². The van der Waals surface area contributed by atoms with Gasteiger partial charge in [-0.3, -0.25) is 0 Å². The Morgan fingerprint density at radius 1 is 1.40 bits per heavy atom. The van der Waals surface area contributed by atoms with Crippen LogP contribution in [0.2, 0.25) is 0 Å². The molecule has 57 valence electrons. The number of hydrogen-bond acceptors (Lipinski definition) is 2. The maximum absolute atomic E-state index is 3.11. The fourth-order valence-corrected chi connectivity index (χ4v) is 0.815. The van der Waals surface area contributed by atoms with E-state index in [1.807, 2.05) is 24.3 Å². The molecular formula is C7H12IN2. The van der Waals surface area contributed by atoms with Crippen LogP contribution in [0.1, 0.15) is 13.3 Å². The summed E-state index contributed by atoms with van der Waals surface area (Å²) < 4.78 is 0. The first-order chi connectivity index (χ1) is 4.33. The number of halogens is 1. The molecule has 0 aromatic carbocycles.